The van der Waals surface area contributed by atoms with Crippen molar-refractivity contribution in [2.24, 2.45) is 0 Å². The van der Waals surface area contributed by atoms with Crippen LogP contribution in [0.4, 0.5) is 0 Å². The number of benzene rings is 1. The third-order valence-electron chi connectivity index (χ3n) is 3.62. The molecule has 0 unspecified atom stereocenters. The number of carbonyl (C=O) groups excluding carboxylic acids is 1. The molecule has 1 N–H and O–H groups in total. The van der Waals surface area contributed by atoms with Gasteiger partial charge in [-0.3, -0.25) is 9.69 Å². The average Bonchev–Trinajstić information content (AvgIpc) is 2.50. The molecule has 0 bridgehead atoms. The molecule has 1 aliphatic heterocycles. The van der Waals surface area contributed by atoms with Gasteiger partial charge in [-0.05, 0) is 31.9 Å². The van der Waals surface area contributed by atoms with Crippen molar-refractivity contribution in [2.45, 2.75) is 30.7 Å². The van der Waals surface area contributed by atoms with E-state index in [-0.39, 0.29) is 23.5 Å². The van der Waals surface area contributed by atoms with Gasteiger partial charge >= 0.3 is 5.97 Å². The van der Waals surface area contributed by atoms with E-state index in [4.69, 9.17) is 4.74 Å². The third kappa shape index (κ3) is 4.79. The Balaban J connectivity index is 1.84. The van der Waals surface area contributed by atoms with E-state index >= 15 is 0 Å². The van der Waals surface area contributed by atoms with Crippen molar-refractivity contribution in [3.05, 3.63) is 30.3 Å². The van der Waals surface area contributed by atoms with Crippen molar-refractivity contribution in [1.29, 1.82) is 0 Å². The van der Waals surface area contributed by atoms with Crippen LogP contribution in [0.2, 0.25) is 0 Å². The third-order valence-corrected chi connectivity index (χ3v) is 5.16. The van der Waals surface area contributed by atoms with E-state index in [2.05, 4.69) is 4.72 Å². The van der Waals surface area contributed by atoms with Crippen molar-refractivity contribution in [3.63, 3.8) is 0 Å². The molecule has 0 spiro atoms. The number of sulfonamides is 1. The van der Waals surface area contributed by atoms with E-state index in [1.807, 2.05) is 4.90 Å². The van der Waals surface area contributed by atoms with E-state index in [9.17, 15) is 13.2 Å². The molecule has 1 aromatic carbocycles. The highest BCUT2D eigenvalue weighted by Gasteiger charge is 2.25. The number of hydrogen-bond donors (Lipinski definition) is 1. The molecule has 1 fully saturated rings. The first-order chi connectivity index (χ1) is 10.5. The van der Waals surface area contributed by atoms with Gasteiger partial charge in [-0.2, -0.15) is 0 Å². The number of nitrogens with one attached hydrogen (secondary N) is 1. The fourth-order valence-electron chi connectivity index (χ4n) is 2.49. The Morgan fingerprint density at radius 1 is 1.27 bits per heavy atom. The first kappa shape index (κ1) is 16.9. The van der Waals surface area contributed by atoms with Crippen LogP contribution in [0.5, 0.6) is 0 Å². The van der Waals surface area contributed by atoms with E-state index in [0.717, 1.165) is 0 Å². The molecule has 6 nitrogen and oxygen atoms in total. The van der Waals surface area contributed by atoms with Crippen molar-refractivity contribution in [2.75, 3.05) is 26.2 Å². The van der Waals surface area contributed by atoms with Crippen molar-refractivity contribution in [3.8, 4) is 0 Å². The second-order valence-electron chi connectivity index (χ2n) is 5.29. The van der Waals surface area contributed by atoms with Crippen molar-refractivity contribution in [1.82, 2.24) is 9.62 Å². The van der Waals surface area contributed by atoms with E-state index < -0.39 is 10.0 Å². The Morgan fingerprint density at radius 2 is 1.91 bits per heavy atom. The maximum Gasteiger partial charge on any atom is 0.320 e. The lowest BCUT2D eigenvalue weighted by atomic mass is 10.1. The Hall–Kier alpha value is -1.44. The summed E-state index contributed by atoms with van der Waals surface area (Å²) in [5, 5.41) is 0. The fourth-order valence-corrected chi connectivity index (χ4v) is 3.81. The Kier molecular flexibility index (Phi) is 5.93. The number of likely N-dealkylation sites (tertiary alicyclic amines) is 1. The average molecular weight is 326 g/mol. The number of piperidine rings is 1. The molecule has 0 aromatic heterocycles. The van der Waals surface area contributed by atoms with Crippen LogP contribution < -0.4 is 4.72 Å². The molecule has 22 heavy (non-hydrogen) atoms. The summed E-state index contributed by atoms with van der Waals surface area (Å²) in [5.41, 5.74) is 0. The van der Waals surface area contributed by atoms with Crippen LogP contribution in [0, 0.1) is 0 Å². The SMILES string of the molecule is CCOC(=O)CN1CCC(NS(=O)(=O)c2ccccc2)CC1. The number of carbonyl (C=O) groups is 1. The number of nitrogens with zero attached hydrogens (tertiary/aromatic N) is 1. The Morgan fingerprint density at radius 3 is 2.50 bits per heavy atom. The molecule has 1 heterocycles. The summed E-state index contributed by atoms with van der Waals surface area (Å²) in [7, 11) is -3.47. The molecule has 0 saturated carbocycles. The predicted molar refractivity (Wildman–Crippen MR) is 82.9 cm³/mol. The number of rotatable bonds is 6. The molecule has 1 aliphatic rings. The van der Waals surface area contributed by atoms with Gasteiger partial charge < -0.3 is 4.74 Å². The quantitative estimate of drug-likeness (QED) is 0.789. The lowest BCUT2D eigenvalue weighted by molar-refractivity contribution is -0.144. The smallest absolute Gasteiger partial charge is 0.320 e. The Labute approximate surface area is 131 Å². The standard InChI is InChI=1S/C15H22N2O4S/c1-2-21-15(18)12-17-10-8-13(9-11-17)16-22(19,20)14-6-4-3-5-7-14/h3-7,13,16H,2,8-12H2,1H3. The summed E-state index contributed by atoms with van der Waals surface area (Å²) in [5.74, 6) is -0.231. The molecule has 0 amide bonds. The first-order valence-corrected chi connectivity index (χ1v) is 8.95. The van der Waals surface area contributed by atoms with E-state index in [1.54, 1.807) is 37.3 Å². The molecule has 122 valence electrons. The van der Waals surface area contributed by atoms with Crippen LogP contribution in [0.15, 0.2) is 35.2 Å². The van der Waals surface area contributed by atoms with Gasteiger partial charge in [0, 0.05) is 19.1 Å². The van der Waals surface area contributed by atoms with Crippen LogP contribution in [0.25, 0.3) is 0 Å². The molecular weight excluding hydrogens is 304 g/mol. The fraction of sp³-hybridized carbons (Fsp3) is 0.533. The van der Waals surface area contributed by atoms with Gasteiger partial charge in [0.15, 0.2) is 0 Å². The largest absolute Gasteiger partial charge is 0.465 e. The molecule has 1 aromatic rings. The predicted octanol–water partition coefficient (Wildman–Crippen LogP) is 0.992. The van der Waals surface area contributed by atoms with Crippen LogP contribution in [-0.2, 0) is 19.6 Å². The van der Waals surface area contributed by atoms with E-state index in [0.29, 0.717) is 32.5 Å². The number of ether oxygens (including phenoxy) is 1. The first-order valence-electron chi connectivity index (χ1n) is 7.46. The highest BCUT2D eigenvalue weighted by Crippen LogP contribution is 2.14. The molecule has 7 heteroatoms. The maximum absolute atomic E-state index is 12.2. The van der Waals surface area contributed by atoms with Gasteiger partial charge in [-0.15, -0.1) is 0 Å². The van der Waals surface area contributed by atoms with Gasteiger partial charge in [-0.25, -0.2) is 13.1 Å². The molecule has 2 rings (SSSR count). The van der Waals surface area contributed by atoms with Crippen molar-refractivity contribution >= 4 is 16.0 Å². The summed E-state index contributed by atoms with van der Waals surface area (Å²) in [6.07, 6.45) is 1.37. The number of esters is 1. The van der Waals surface area contributed by atoms with Crippen LogP contribution >= 0.6 is 0 Å². The van der Waals surface area contributed by atoms with Crippen LogP contribution in [0.1, 0.15) is 19.8 Å². The van der Waals surface area contributed by atoms with Crippen LogP contribution in [-0.4, -0.2) is 51.6 Å². The van der Waals surface area contributed by atoms with Crippen LogP contribution in [0.3, 0.4) is 0 Å². The second-order valence-corrected chi connectivity index (χ2v) is 7.00. The molecule has 0 radical (unpaired) electrons. The van der Waals surface area contributed by atoms with Gasteiger partial charge in [-0.1, -0.05) is 18.2 Å². The van der Waals surface area contributed by atoms with Crippen molar-refractivity contribution < 1.29 is 17.9 Å². The molecular formula is C15H22N2O4S. The minimum Gasteiger partial charge on any atom is -0.465 e. The number of hydrogen-bond acceptors (Lipinski definition) is 5. The zero-order valence-corrected chi connectivity index (χ0v) is 13.5. The summed E-state index contributed by atoms with van der Waals surface area (Å²) in [6, 6.07) is 8.26. The highest BCUT2D eigenvalue weighted by atomic mass is 32.2. The lowest BCUT2D eigenvalue weighted by Gasteiger charge is -2.31. The zero-order chi connectivity index (χ0) is 16.0. The molecule has 0 atom stereocenters. The molecule has 1 saturated heterocycles. The minimum atomic E-state index is -3.47. The van der Waals surface area contributed by atoms with Gasteiger partial charge in [0.2, 0.25) is 10.0 Å². The summed E-state index contributed by atoms with van der Waals surface area (Å²) in [4.78, 5) is 13.7. The second kappa shape index (κ2) is 7.71. The highest BCUT2D eigenvalue weighted by molar-refractivity contribution is 7.89. The summed E-state index contributed by atoms with van der Waals surface area (Å²) < 4.78 is 32.1. The zero-order valence-electron chi connectivity index (χ0n) is 12.7. The van der Waals surface area contributed by atoms with Gasteiger partial charge in [0.05, 0.1) is 18.0 Å². The molecule has 0 aliphatic carbocycles. The monoisotopic (exact) mass is 326 g/mol. The Bertz CT molecular complexity index is 581. The topological polar surface area (TPSA) is 75.7 Å². The summed E-state index contributed by atoms with van der Waals surface area (Å²) in [6.45, 7) is 3.79. The van der Waals surface area contributed by atoms with Gasteiger partial charge in [0.1, 0.15) is 0 Å². The maximum atomic E-state index is 12.2. The van der Waals surface area contributed by atoms with E-state index in [1.165, 1.54) is 0 Å². The summed E-state index contributed by atoms with van der Waals surface area (Å²) >= 11 is 0. The lowest BCUT2D eigenvalue weighted by Crippen LogP contribution is -2.46. The van der Waals surface area contributed by atoms with Gasteiger partial charge in [0.25, 0.3) is 0 Å². The minimum absolute atomic E-state index is 0.0938. The normalized spacial score (nSPS) is 17.3.